The van der Waals surface area contributed by atoms with Gasteiger partial charge in [-0.15, -0.1) is 6.58 Å². The first-order valence-corrected chi connectivity index (χ1v) is 8.16. The van der Waals surface area contributed by atoms with Gasteiger partial charge in [-0.1, -0.05) is 43.3 Å². The molecule has 3 heteroatoms. The molecule has 1 spiro atoms. The molecule has 3 nitrogen and oxygen atoms in total. The van der Waals surface area contributed by atoms with E-state index in [-0.39, 0.29) is 11.3 Å². The standard InChI is InChI=1S/C19H24N2O/c1-3-12-21-14-15(2)19(18(21)22)11-7-10-17(19)20-13-16-8-5-4-6-9-16/h3-6,8-9,15H,1,7,10-14H2,2H3/t15-,19+/m0/s1. The Labute approximate surface area is 132 Å². The Bertz CT molecular complexity index is 593. The first kappa shape index (κ1) is 15.0. The van der Waals surface area contributed by atoms with E-state index in [1.54, 1.807) is 0 Å². The molecular formula is C19H24N2O. The van der Waals surface area contributed by atoms with Crippen molar-refractivity contribution in [2.24, 2.45) is 16.3 Å². The maximum Gasteiger partial charge on any atom is 0.235 e. The van der Waals surface area contributed by atoms with E-state index in [1.165, 1.54) is 5.56 Å². The molecule has 1 heterocycles. The summed E-state index contributed by atoms with van der Waals surface area (Å²) in [5, 5.41) is 0. The van der Waals surface area contributed by atoms with Crippen LogP contribution in [0.5, 0.6) is 0 Å². The summed E-state index contributed by atoms with van der Waals surface area (Å²) in [4.78, 5) is 19.8. The molecule has 0 unspecified atom stereocenters. The fourth-order valence-corrected chi connectivity index (χ4v) is 4.03. The minimum atomic E-state index is -0.336. The van der Waals surface area contributed by atoms with Crippen molar-refractivity contribution in [2.45, 2.75) is 32.7 Å². The van der Waals surface area contributed by atoms with Crippen molar-refractivity contribution in [1.29, 1.82) is 0 Å². The molecule has 2 atom stereocenters. The summed E-state index contributed by atoms with van der Waals surface area (Å²) < 4.78 is 0. The molecule has 116 valence electrons. The molecule has 0 aromatic heterocycles. The lowest BCUT2D eigenvalue weighted by molar-refractivity contribution is -0.133. The van der Waals surface area contributed by atoms with Crippen molar-refractivity contribution in [1.82, 2.24) is 4.90 Å². The van der Waals surface area contributed by atoms with E-state index in [9.17, 15) is 4.79 Å². The van der Waals surface area contributed by atoms with E-state index in [2.05, 4.69) is 25.6 Å². The van der Waals surface area contributed by atoms with Crippen LogP contribution in [0.25, 0.3) is 0 Å². The molecule has 1 amide bonds. The van der Waals surface area contributed by atoms with Gasteiger partial charge in [-0.25, -0.2) is 0 Å². The zero-order valence-corrected chi connectivity index (χ0v) is 13.3. The average molecular weight is 296 g/mol. The highest BCUT2D eigenvalue weighted by molar-refractivity contribution is 6.11. The maximum absolute atomic E-state index is 12.9. The lowest BCUT2D eigenvalue weighted by atomic mass is 9.75. The molecule has 1 saturated carbocycles. The van der Waals surface area contributed by atoms with Crippen molar-refractivity contribution in [3.8, 4) is 0 Å². The number of carbonyl (C=O) groups excluding carboxylic acids is 1. The van der Waals surface area contributed by atoms with Crippen LogP contribution in [0.2, 0.25) is 0 Å². The zero-order chi connectivity index (χ0) is 15.6. The van der Waals surface area contributed by atoms with E-state index in [0.29, 0.717) is 19.0 Å². The van der Waals surface area contributed by atoms with Gasteiger partial charge >= 0.3 is 0 Å². The van der Waals surface area contributed by atoms with E-state index in [0.717, 1.165) is 31.5 Å². The number of hydrogen-bond acceptors (Lipinski definition) is 2. The van der Waals surface area contributed by atoms with E-state index in [4.69, 9.17) is 4.99 Å². The van der Waals surface area contributed by atoms with Crippen LogP contribution in [-0.2, 0) is 11.3 Å². The van der Waals surface area contributed by atoms with E-state index < -0.39 is 0 Å². The third kappa shape index (κ3) is 2.39. The quantitative estimate of drug-likeness (QED) is 0.783. The summed E-state index contributed by atoms with van der Waals surface area (Å²) in [6.45, 7) is 8.13. The van der Waals surface area contributed by atoms with Crippen LogP contribution >= 0.6 is 0 Å². The molecule has 3 rings (SSSR count). The topological polar surface area (TPSA) is 32.7 Å². The molecule has 22 heavy (non-hydrogen) atoms. The number of nitrogens with zero attached hydrogens (tertiary/aromatic N) is 2. The Morgan fingerprint density at radius 1 is 1.41 bits per heavy atom. The molecule has 1 aliphatic heterocycles. The lowest BCUT2D eigenvalue weighted by Gasteiger charge is -2.27. The Morgan fingerprint density at radius 2 is 2.18 bits per heavy atom. The van der Waals surface area contributed by atoms with Crippen molar-refractivity contribution in [2.75, 3.05) is 13.1 Å². The van der Waals surface area contributed by atoms with Gasteiger partial charge < -0.3 is 4.90 Å². The molecule has 1 aliphatic carbocycles. The molecule has 0 N–H and O–H groups in total. The number of carbonyl (C=O) groups is 1. The summed E-state index contributed by atoms with van der Waals surface area (Å²) in [5.74, 6) is 0.612. The number of amides is 1. The monoisotopic (exact) mass is 296 g/mol. The van der Waals surface area contributed by atoms with Crippen LogP contribution < -0.4 is 0 Å². The molecule has 2 fully saturated rings. The third-order valence-corrected chi connectivity index (χ3v) is 5.15. The Hall–Kier alpha value is -1.90. The minimum absolute atomic E-state index is 0.268. The van der Waals surface area contributed by atoms with Crippen LogP contribution in [-0.4, -0.2) is 29.6 Å². The first-order chi connectivity index (χ1) is 10.7. The summed E-state index contributed by atoms with van der Waals surface area (Å²) in [6, 6.07) is 10.3. The highest BCUT2D eigenvalue weighted by Gasteiger charge is 2.56. The zero-order valence-electron chi connectivity index (χ0n) is 13.3. The second kappa shape index (κ2) is 6.07. The smallest absolute Gasteiger partial charge is 0.235 e. The predicted octanol–water partition coefficient (Wildman–Crippen LogP) is 3.46. The van der Waals surface area contributed by atoms with Crippen molar-refractivity contribution in [3.05, 3.63) is 48.6 Å². The largest absolute Gasteiger partial charge is 0.338 e. The third-order valence-electron chi connectivity index (χ3n) is 5.15. The number of rotatable bonds is 4. The van der Waals surface area contributed by atoms with Crippen LogP contribution in [0.15, 0.2) is 48.0 Å². The normalized spacial score (nSPS) is 29.7. The maximum atomic E-state index is 12.9. The molecule has 1 aromatic carbocycles. The molecule has 0 bridgehead atoms. The fourth-order valence-electron chi connectivity index (χ4n) is 4.03. The van der Waals surface area contributed by atoms with Gasteiger partial charge in [0.25, 0.3) is 0 Å². The summed E-state index contributed by atoms with van der Waals surface area (Å²) in [5.41, 5.74) is 2.00. The number of likely N-dealkylation sites (tertiary alicyclic amines) is 1. The number of hydrogen-bond donors (Lipinski definition) is 0. The van der Waals surface area contributed by atoms with Crippen LogP contribution in [0.3, 0.4) is 0 Å². The Kier molecular flexibility index (Phi) is 4.14. The highest BCUT2D eigenvalue weighted by atomic mass is 16.2. The van der Waals surface area contributed by atoms with Gasteiger partial charge in [0.1, 0.15) is 0 Å². The Morgan fingerprint density at radius 3 is 2.91 bits per heavy atom. The molecule has 1 aromatic rings. The summed E-state index contributed by atoms with van der Waals surface area (Å²) in [7, 11) is 0. The molecule has 2 aliphatic rings. The van der Waals surface area contributed by atoms with E-state index in [1.807, 2.05) is 29.2 Å². The van der Waals surface area contributed by atoms with Crippen LogP contribution in [0, 0.1) is 11.3 Å². The van der Waals surface area contributed by atoms with E-state index >= 15 is 0 Å². The SMILES string of the molecule is C=CCN1C[C@H](C)[C@@]2(CCCC2=NCc2ccccc2)C1=O. The minimum Gasteiger partial charge on any atom is -0.338 e. The van der Waals surface area contributed by atoms with Crippen molar-refractivity contribution >= 4 is 11.6 Å². The van der Waals surface area contributed by atoms with Gasteiger partial charge in [-0.05, 0) is 30.7 Å². The Balaban J connectivity index is 1.85. The molecule has 0 radical (unpaired) electrons. The van der Waals surface area contributed by atoms with Gasteiger partial charge in [0.05, 0.1) is 12.0 Å². The second-order valence-corrected chi connectivity index (χ2v) is 6.47. The summed E-state index contributed by atoms with van der Waals surface area (Å²) in [6.07, 6.45) is 4.81. The molecule has 1 saturated heterocycles. The highest BCUT2D eigenvalue weighted by Crippen LogP contribution is 2.48. The van der Waals surface area contributed by atoms with Gasteiger partial charge in [0, 0.05) is 18.8 Å². The van der Waals surface area contributed by atoms with Gasteiger partial charge in [-0.2, -0.15) is 0 Å². The summed E-state index contributed by atoms with van der Waals surface area (Å²) >= 11 is 0. The fraction of sp³-hybridized carbons (Fsp3) is 0.474. The first-order valence-electron chi connectivity index (χ1n) is 8.16. The average Bonchev–Trinajstić information content (AvgIpc) is 3.06. The van der Waals surface area contributed by atoms with Crippen molar-refractivity contribution in [3.63, 3.8) is 0 Å². The van der Waals surface area contributed by atoms with Gasteiger partial charge in [0.2, 0.25) is 5.91 Å². The van der Waals surface area contributed by atoms with Crippen molar-refractivity contribution < 1.29 is 4.79 Å². The number of benzene rings is 1. The number of aliphatic imine (C=N–C) groups is 1. The van der Waals surface area contributed by atoms with Crippen LogP contribution in [0.4, 0.5) is 0 Å². The van der Waals surface area contributed by atoms with Gasteiger partial charge in [-0.3, -0.25) is 9.79 Å². The lowest BCUT2D eigenvalue weighted by Crippen LogP contribution is -2.39. The predicted molar refractivity (Wildman–Crippen MR) is 89.8 cm³/mol. The molecular weight excluding hydrogens is 272 g/mol. The second-order valence-electron chi connectivity index (χ2n) is 6.47. The van der Waals surface area contributed by atoms with Crippen LogP contribution in [0.1, 0.15) is 31.7 Å². The van der Waals surface area contributed by atoms with Gasteiger partial charge in [0.15, 0.2) is 0 Å².